The van der Waals surface area contributed by atoms with Crippen LogP contribution in [0.4, 0.5) is 5.69 Å². The number of carbonyl (C=O) groups excluding carboxylic acids is 1. The van der Waals surface area contributed by atoms with Crippen LogP contribution >= 0.6 is 0 Å². The quantitative estimate of drug-likeness (QED) is 0.830. The summed E-state index contributed by atoms with van der Waals surface area (Å²) in [6.45, 7) is 6.06. The predicted octanol–water partition coefficient (Wildman–Crippen LogP) is 4.12. The number of benzene rings is 2. The van der Waals surface area contributed by atoms with Gasteiger partial charge < -0.3 is 9.64 Å². The van der Waals surface area contributed by atoms with Gasteiger partial charge >= 0.3 is 0 Å². The Morgan fingerprint density at radius 1 is 1.09 bits per heavy atom. The summed E-state index contributed by atoms with van der Waals surface area (Å²) < 4.78 is 5.91. The number of hydrogen-bond donors (Lipinski definition) is 0. The second-order valence-corrected chi connectivity index (χ2v) is 5.49. The Morgan fingerprint density at radius 3 is 2.36 bits per heavy atom. The highest BCUT2D eigenvalue weighted by Crippen LogP contribution is 2.20. The van der Waals surface area contributed by atoms with E-state index in [1.807, 2.05) is 62.4 Å². The van der Waals surface area contributed by atoms with E-state index in [0.717, 1.165) is 17.0 Å². The molecule has 2 aromatic rings. The van der Waals surface area contributed by atoms with E-state index in [9.17, 15) is 4.79 Å². The van der Waals surface area contributed by atoms with Crippen molar-refractivity contribution in [2.24, 2.45) is 0 Å². The summed E-state index contributed by atoms with van der Waals surface area (Å²) in [6, 6.07) is 15.5. The molecule has 0 radical (unpaired) electrons. The van der Waals surface area contributed by atoms with E-state index in [2.05, 4.69) is 6.92 Å². The van der Waals surface area contributed by atoms with Gasteiger partial charge in [-0.1, -0.05) is 31.2 Å². The molecule has 0 unspecified atom stereocenters. The van der Waals surface area contributed by atoms with Crippen LogP contribution in [0.2, 0.25) is 0 Å². The number of carbonyl (C=O) groups is 1. The van der Waals surface area contributed by atoms with Gasteiger partial charge in [-0.05, 0) is 55.7 Å². The highest BCUT2D eigenvalue weighted by atomic mass is 16.5. The first kappa shape index (κ1) is 16.1. The maximum Gasteiger partial charge on any atom is 0.267 e. The van der Waals surface area contributed by atoms with E-state index >= 15 is 0 Å². The number of amides is 1. The molecule has 1 amide bonds. The van der Waals surface area contributed by atoms with E-state index in [1.165, 1.54) is 5.56 Å². The zero-order valence-corrected chi connectivity index (χ0v) is 13.7. The fourth-order valence-electron chi connectivity index (χ4n) is 2.25. The molecule has 0 aromatic heterocycles. The van der Waals surface area contributed by atoms with Crippen LogP contribution in [0.3, 0.4) is 0 Å². The molecule has 0 fully saturated rings. The lowest BCUT2D eigenvalue weighted by Gasteiger charge is -2.24. The monoisotopic (exact) mass is 297 g/mol. The normalized spacial score (nSPS) is 11.8. The van der Waals surface area contributed by atoms with Crippen LogP contribution in [0.25, 0.3) is 0 Å². The van der Waals surface area contributed by atoms with Crippen LogP contribution in [0.1, 0.15) is 24.5 Å². The van der Waals surface area contributed by atoms with Gasteiger partial charge in [0.1, 0.15) is 5.75 Å². The Morgan fingerprint density at radius 2 is 1.77 bits per heavy atom. The summed E-state index contributed by atoms with van der Waals surface area (Å²) >= 11 is 0. The maximum absolute atomic E-state index is 12.6. The molecule has 0 spiro atoms. The Labute approximate surface area is 132 Å². The van der Waals surface area contributed by atoms with Gasteiger partial charge in [-0.15, -0.1) is 0 Å². The average Bonchev–Trinajstić information content (AvgIpc) is 2.55. The summed E-state index contributed by atoms with van der Waals surface area (Å²) in [5.41, 5.74) is 3.25. The summed E-state index contributed by atoms with van der Waals surface area (Å²) in [4.78, 5) is 14.3. The number of nitrogens with zero attached hydrogens (tertiary/aromatic N) is 1. The van der Waals surface area contributed by atoms with Crippen molar-refractivity contribution < 1.29 is 9.53 Å². The molecule has 3 nitrogen and oxygen atoms in total. The number of para-hydroxylation sites is 1. The predicted molar refractivity (Wildman–Crippen MR) is 90.5 cm³/mol. The molecule has 1 atom stereocenters. The minimum Gasteiger partial charge on any atom is -0.481 e. The SMILES string of the molecule is CC[C@@H](Oc1ccc(C)c(C)c1)C(=O)N(C)c1ccccc1. The molecule has 0 saturated heterocycles. The smallest absolute Gasteiger partial charge is 0.267 e. The Bertz CT molecular complexity index is 637. The van der Waals surface area contributed by atoms with Gasteiger partial charge in [0.2, 0.25) is 0 Å². The fourth-order valence-corrected chi connectivity index (χ4v) is 2.25. The van der Waals surface area contributed by atoms with Gasteiger partial charge in [-0.25, -0.2) is 0 Å². The summed E-state index contributed by atoms with van der Waals surface area (Å²) in [7, 11) is 1.78. The third-order valence-corrected chi connectivity index (χ3v) is 3.88. The van der Waals surface area contributed by atoms with Crippen LogP contribution in [-0.2, 0) is 4.79 Å². The Balaban J connectivity index is 2.13. The third-order valence-electron chi connectivity index (χ3n) is 3.88. The molecule has 0 saturated carbocycles. The van der Waals surface area contributed by atoms with Gasteiger partial charge in [0.15, 0.2) is 6.10 Å². The molecule has 2 aromatic carbocycles. The maximum atomic E-state index is 12.6. The van der Waals surface area contributed by atoms with Gasteiger partial charge in [0, 0.05) is 12.7 Å². The molecule has 0 aliphatic heterocycles. The lowest BCUT2D eigenvalue weighted by molar-refractivity contribution is -0.125. The van der Waals surface area contributed by atoms with Crippen molar-refractivity contribution in [1.82, 2.24) is 0 Å². The highest BCUT2D eigenvalue weighted by Gasteiger charge is 2.23. The second-order valence-electron chi connectivity index (χ2n) is 5.49. The Hall–Kier alpha value is -2.29. The van der Waals surface area contributed by atoms with Crippen molar-refractivity contribution in [3.05, 3.63) is 59.7 Å². The van der Waals surface area contributed by atoms with Crippen LogP contribution < -0.4 is 9.64 Å². The summed E-state index contributed by atoms with van der Waals surface area (Å²) in [5, 5.41) is 0. The van der Waals surface area contributed by atoms with Crippen molar-refractivity contribution in [3.63, 3.8) is 0 Å². The highest BCUT2D eigenvalue weighted by molar-refractivity contribution is 5.96. The molecular weight excluding hydrogens is 274 g/mol. The van der Waals surface area contributed by atoms with Crippen molar-refractivity contribution in [2.45, 2.75) is 33.3 Å². The van der Waals surface area contributed by atoms with Gasteiger partial charge in [0.05, 0.1) is 0 Å². The number of aryl methyl sites for hydroxylation is 2. The average molecular weight is 297 g/mol. The Kier molecular flexibility index (Phi) is 5.21. The van der Waals surface area contributed by atoms with Crippen LogP contribution in [-0.4, -0.2) is 19.1 Å². The molecule has 0 aliphatic rings. The molecular formula is C19H23NO2. The molecule has 116 valence electrons. The standard InChI is InChI=1S/C19H23NO2/c1-5-18(22-17-12-11-14(2)15(3)13-17)19(21)20(4)16-9-7-6-8-10-16/h6-13,18H,5H2,1-4H3/t18-/m1/s1. The first-order valence-corrected chi connectivity index (χ1v) is 7.59. The topological polar surface area (TPSA) is 29.5 Å². The van der Waals surface area contributed by atoms with Crippen molar-refractivity contribution in [1.29, 1.82) is 0 Å². The molecule has 0 bridgehead atoms. The second kappa shape index (κ2) is 7.12. The van der Waals surface area contributed by atoms with Gasteiger partial charge in [-0.3, -0.25) is 4.79 Å². The number of likely N-dealkylation sites (N-methyl/N-ethyl adjacent to an activating group) is 1. The van der Waals surface area contributed by atoms with Crippen molar-refractivity contribution in [3.8, 4) is 5.75 Å². The van der Waals surface area contributed by atoms with E-state index < -0.39 is 6.10 Å². The number of anilines is 1. The van der Waals surface area contributed by atoms with E-state index in [-0.39, 0.29) is 5.91 Å². The molecule has 3 heteroatoms. The molecule has 22 heavy (non-hydrogen) atoms. The van der Waals surface area contributed by atoms with Crippen LogP contribution in [0, 0.1) is 13.8 Å². The van der Waals surface area contributed by atoms with E-state index in [1.54, 1.807) is 11.9 Å². The van der Waals surface area contributed by atoms with Crippen molar-refractivity contribution in [2.75, 3.05) is 11.9 Å². The largest absolute Gasteiger partial charge is 0.481 e. The van der Waals surface area contributed by atoms with E-state index in [4.69, 9.17) is 4.74 Å². The molecule has 0 N–H and O–H groups in total. The van der Waals surface area contributed by atoms with E-state index in [0.29, 0.717) is 6.42 Å². The zero-order chi connectivity index (χ0) is 16.1. The van der Waals surface area contributed by atoms with Crippen LogP contribution in [0.5, 0.6) is 5.75 Å². The molecule has 0 heterocycles. The lowest BCUT2D eigenvalue weighted by Crippen LogP contribution is -2.39. The molecule has 0 aliphatic carbocycles. The summed E-state index contributed by atoms with van der Waals surface area (Å²) in [5.74, 6) is 0.705. The van der Waals surface area contributed by atoms with Gasteiger partial charge in [-0.2, -0.15) is 0 Å². The number of ether oxygens (including phenoxy) is 1. The fraction of sp³-hybridized carbons (Fsp3) is 0.316. The molecule has 2 rings (SSSR count). The first-order chi connectivity index (χ1) is 10.5. The van der Waals surface area contributed by atoms with Crippen molar-refractivity contribution >= 4 is 11.6 Å². The van der Waals surface area contributed by atoms with Gasteiger partial charge in [0.25, 0.3) is 5.91 Å². The summed E-state index contributed by atoms with van der Waals surface area (Å²) in [6.07, 6.45) is 0.149. The minimum absolute atomic E-state index is 0.0353. The van der Waals surface area contributed by atoms with Crippen LogP contribution in [0.15, 0.2) is 48.5 Å². The third kappa shape index (κ3) is 3.67. The zero-order valence-electron chi connectivity index (χ0n) is 13.7. The number of hydrogen-bond acceptors (Lipinski definition) is 2. The number of rotatable bonds is 5. The lowest BCUT2D eigenvalue weighted by atomic mass is 10.1. The minimum atomic E-state index is -0.479. The first-order valence-electron chi connectivity index (χ1n) is 7.59.